The number of benzene rings is 1. The van der Waals surface area contributed by atoms with Crippen LogP contribution in [0.2, 0.25) is 0 Å². The number of amides is 2. The summed E-state index contributed by atoms with van der Waals surface area (Å²) in [5, 5.41) is 9.90. The summed E-state index contributed by atoms with van der Waals surface area (Å²) in [6, 6.07) is 6.58. The van der Waals surface area contributed by atoms with Gasteiger partial charge in [0.05, 0.1) is 18.9 Å². The van der Waals surface area contributed by atoms with Crippen LogP contribution >= 0.6 is 15.9 Å². The highest BCUT2D eigenvalue weighted by molar-refractivity contribution is 9.10. The van der Waals surface area contributed by atoms with Crippen molar-refractivity contribution in [2.45, 2.75) is 26.2 Å². The van der Waals surface area contributed by atoms with Crippen molar-refractivity contribution in [3.05, 3.63) is 51.0 Å². The van der Waals surface area contributed by atoms with E-state index >= 15 is 0 Å². The van der Waals surface area contributed by atoms with Crippen LogP contribution in [-0.4, -0.2) is 31.2 Å². The Labute approximate surface area is 180 Å². The lowest BCUT2D eigenvalue weighted by molar-refractivity contribution is -0.141. The van der Waals surface area contributed by atoms with Crippen LogP contribution < -0.4 is 10.6 Å². The highest BCUT2D eigenvalue weighted by Gasteiger charge is 2.63. The fourth-order valence-corrected chi connectivity index (χ4v) is 4.09. The molecule has 2 heterocycles. The molecule has 3 rings (SSSR count). The molecule has 2 aliphatic rings. The summed E-state index contributed by atoms with van der Waals surface area (Å²) in [6.45, 7) is 4.68. The normalized spacial score (nSPS) is 20.1. The molecule has 30 heavy (non-hydrogen) atoms. The van der Waals surface area contributed by atoms with E-state index in [-0.39, 0.29) is 47.3 Å². The van der Waals surface area contributed by atoms with Crippen molar-refractivity contribution in [1.82, 2.24) is 0 Å². The van der Waals surface area contributed by atoms with Gasteiger partial charge < -0.3 is 19.9 Å². The van der Waals surface area contributed by atoms with E-state index in [0.717, 1.165) is 4.90 Å². The van der Waals surface area contributed by atoms with Crippen LogP contribution in [0.3, 0.4) is 0 Å². The number of hydrogen-bond donors (Lipinski definition) is 1. The number of halogens is 1. The molecule has 2 amide bonds. The Hall–Kier alpha value is -3.32. The van der Waals surface area contributed by atoms with Gasteiger partial charge in [0.15, 0.2) is 5.41 Å². The molecule has 9 nitrogen and oxygen atoms in total. The number of carbonyl (C=O) groups excluding carboxylic acids is 3. The van der Waals surface area contributed by atoms with Crippen molar-refractivity contribution >= 4 is 39.6 Å². The van der Waals surface area contributed by atoms with Gasteiger partial charge in [-0.05, 0) is 39.0 Å². The molecule has 1 spiro atoms. The van der Waals surface area contributed by atoms with Crippen molar-refractivity contribution in [2.24, 2.45) is 5.73 Å². The number of ether oxygens (including phenoxy) is 3. The quantitative estimate of drug-likeness (QED) is 0.659. The first-order chi connectivity index (χ1) is 14.2. The SMILES string of the molecule is CCOC(=O)C1=C(C)OC(N)=C(C#N)C12C(=O)N(C(=O)OCC)c1ccc(Br)cc12. The Bertz CT molecular complexity index is 1070. The molecule has 0 saturated heterocycles. The average Bonchev–Trinajstić information content (AvgIpc) is 2.91. The first-order valence-corrected chi connectivity index (χ1v) is 9.82. The van der Waals surface area contributed by atoms with Gasteiger partial charge in [0.25, 0.3) is 5.91 Å². The summed E-state index contributed by atoms with van der Waals surface area (Å²) in [6.07, 6.45) is -0.939. The molecule has 2 N–H and O–H groups in total. The van der Waals surface area contributed by atoms with Gasteiger partial charge in [-0.25, -0.2) is 14.5 Å². The van der Waals surface area contributed by atoms with Crippen molar-refractivity contribution in [3.8, 4) is 6.07 Å². The zero-order valence-electron chi connectivity index (χ0n) is 16.4. The van der Waals surface area contributed by atoms with Crippen LogP contribution in [0.1, 0.15) is 26.3 Å². The number of carbonyl (C=O) groups is 3. The highest BCUT2D eigenvalue weighted by atomic mass is 79.9. The van der Waals surface area contributed by atoms with E-state index in [4.69, 9.17) is 19.9 Å². The van der Waals surface area contributed by atoms with E-state index in [0.29, 0.717) is 4.47 Å². The smallest absolute Gasteiger partial charge is 0.421 e. The maximum atomic E-state index is 13.8. The second-order valence-corrected chi connectivity index (χ2v) is 7.27. The van der Waals surface area contributed by atoms with Gasteiger partial charge in [-0.3, -0.25) is 4.79 Å². The van der Waals surface area contributed by atoms with Crippen molar-refractivity contribution in [2.75, 3.05) is 18.1 Å². The molecule has 0 fully saturated rings. The monoisotopic (exact) mass is 475 g/mol. The van der Waals surface area contributed by atoms with E-state index in [2.05, 4.69) is 15.9 Å². The Kier molecular flexibility index (Phi) is 5.59. The molecule has 1 unspecified atom stereocenters. The Morgan fingerprint density at radius 1 is 1.30 bits per heavy atom. The van der Waals surface area contributed by atoms with Gasteiger partial charge in [-0.1, -0.05) is 15.9 Å². The Morgan fingerprint density at radius 3 is 2.57 bits per heavy atom. The third-order valence-electron chi connectivity index (χ3n) is 4.78. The molecule has 1 aromatic rings. The number of rotatable bonds is 3. The molecule has 0 aliphatic carbocycles. The molecule has 0 bridgehead atoms. The zero-order valence-corrected chi connectivity index (χ0v) is 18.0. The maximum Gasteiger partial charge on any atom is 0.421 e. The number of hydrogen-bond acceptors (Lipinski definition) is 8. The minimum atomic E-state index is -2.01. The molecule has 0 aromatic heterocycles. The van der Waals surface area contributed by atoms with Crippen LogP contribution in [0.15, 0.2) is 45.5 Å². The highest BCUT2D eigenvalue weighted by Crippen LogP contribution is 2.54. The van der Waals surface area contributed by atoms with E-state index < -0.39 is 23.4 Å². The summed E-state index contributed by atoms with van der Waals surface area (Å²) in [5.41, 5.74) is 3.79. The van der Waals surface area contributed by atoms with Gasteiger partial charge in [0.2, 0.25) is 5.88 Å². The molecule has 0 saturated carbocycles. The van der Waals surface area contributed by atoms with Gasteiger partial charge in [0, 0.05) is 10.0 Å². The minimum absolute atomic E-state index is 0.00469. The van der Waals surface area contributed by atoms with Crippen molar-refractivity contribution in [3.63, 3.8) is 0 Å². The lowest BCUT2D eigenvalue weighted by atomic mass is 9.68. The maximum absolute atomic E-state index is 13.8. The molecular weight excluding hydrogens is 458 g/mol. The molecule has 1 atom stereocenters. The number of imide groups is 1. The summed E-state index contributed by atoms with van der Waals surface area (Å²) in [7, 11) is 0. The van der Waals surface area contributed by atoms with E-state index in [9.17, 15) is 19.6 Å². The molecular formula is C20H18BrN3O6. The van der Waals surface area contributed by atoms with E-state index in [1.165, 1.54) is 13.0 Å². The predicted octanol–water partition coefficient (Wildman–Crippen LogP) is 2.75. The summed E-state index contributed by atoms with van der Waals surface area (Å²) >= 11 is 3.34. The minimum Gasteiger partial charge on any atom is -0.462 e. The van der Waals surface area contributed by atoms with E-state index in [1.54, 1.807) is 26.0 Å². The van der Waals surface area contributed by atoms with Crippen LogP contribution in [-0.2, 0) is 29.2 Å². The second-order valence-electron chi connectivity index (χ2n) is 6.36. The van der Waals surface area contributed by atoms with Gasteiger partial charge in [0.1, 0.15) is 23.0 Å². The zero-order chi connectivity index (χ0) is 22.2. The fourth-order valence-electron chi connectivity index (χ4n) is 3.73. The number of nitrogens with zero attached hydrogens (tertiary/aromatic N) is 2. The molecule has 1 aromatic carbocycles. The summed E-state index contributed by atoms with van der Waals surface area (Å²) in [5.74, 6) is -2.08. The molecule has 10 heteroatoms. The number of nitriles is 1. The van der Waals surface area contributed by atoms with Crippen molar-refractivity contribution in [1.29, 1.82) is 5.26 Å². The molecule has 0 radical (unpaired) electrons. The molecule has 2 aliphatic heterocycles. The predicted molar refractivity (Wildman–Crippen MR) is 108 cm³/mol. The van der Waals surface area contributed by atoms with E-state index in [1.807, 2.05) is 6.07 Å². The average molecular weight is 476 g/mol. The standard InChI is InChI=1S/C20H18BrN3O6/c1-4-28-17(25)15-10(3)30-16(23)13(9-22)20(15)12-8-11(21)6-7-14(12)24(18(20)26)19(27)29-5-2/h6-8H,4-5,23H2,1-3H3. The Morgan fingerprint density at radius 2 is 1.97 bits per heavy atom. The lowest BCUT2D eigenvalue weighted by Crippen LogP contribution is -2.50. The first kappa shape index (κ1) is 21.4. The number of anilines is 1. The van der Waals surface area contributed by atoms with Crippen molar-refractivity contribution < 1.29 is 28.6 Å². The third-order valence-corrected chi connectivity index (χ3v) is 5.27. The van der Waals surface area contributed by atoms with Crippen LogP contribution in [0.5, 0.6) is 0 Å². The Balaban J connectivity index is 2.44. The first-order valence-electron chi connectivity index (χ1n) is 9.03. The van der Waals surface area contributed by atoms with Crippen LogP contribution in [0, 0.1) is 11.3 Å². The van der Waals surface area contributed by atoms with Crippen LogP contribution in [0.4, 0.5) is 10.5 Å². The van der Waals surface area contributed by atoms with Gasteiger partial charge in [-0.15, -0.1) is 0 Å². The number of allylic oxidation sites excluding steroid dienone is 1. The lowest BCUT2D eigenvalue weighted by Gasteiger charge is -2.34. The molecule has 156 valence electrons. The second kappa shape index (κ2) is 7.84. The number of esters is 1. The fraction of sp³-hybridized carbons (Fsp3) is 0.300. The van der Waals surface area contributed by atoms with Crippen LogP contribution in [0.25, 0.3) is 0 Å². The third kappa shape index (κ3) is 2.85. The summed E-state index contributed by atoms with van der Waals surface area (Å²) < 4.78 is 16.2. The number of nitrogens with two attached hydrogens (primary N) is 1. The van der Waals surface area contributed by atoms with Gasteiger partial charge >= 0.3 is 12.1 Å². The number of fused-ring (bicyclic) bond motifs is 2. The topological polar surface area (TPSA) is 132 Å². The summed E-state index contributed by atoms with van der Waals surface area (Å²) in [4.78, 5) is 40.2. The van der Waals surface area contributed by atoms with Gasteiger partial charge in [-0.2, -0.15) is 5.26 Å². The largest absolute Gasteiger partial charge is 0.462 e.